The van der Waals surface area contributed by atoms with Crippen molar-refractivity contribution in [2.45, 2.75) is 6.42 Å². The van der Waals surface area contributed by atoms with Gasteiger partial charge < -0.3 is 10.0 Å². The number of aliphatic carboxylic acids is 1. The average molecular weight is 262 g/mol. The average Bonchev–Trinajstić information content (AvgIpc) is 2.15. The summed E-state index contributed by atoms with van der Waals surface area (Å²) in [5.41, 5.74) is 0. The van der Waals surface area contributed by atoms with E-state index in [1.807, 2.05) is 6.08 Å². The number of carboxylic acids is 1. The fourth-order valence-electron chi connectivity index (χ4n) is 1.11. The van der Waals surface area contributed by atoms with E-state index in [-0.39, 0.29) is 6.54 Å². The van der Waals surface area contributed by atoms with Crippen LogP contribution in [0.2, 0.25) is 0 Å². The van der Waals surface area contributed by atoms with Gasteiger partial charge in [0.2, 0.25) is 0 Å². The van der Waals surface area contributed by atoms with Crippen LogP contribution in [0.1, 0.15) is 6.42 Å². The number of Topliss-reactive ketones (excluding diaryl/α,β-unsaturated/α-hetero) is 1. The van der Waals surface area contributed by atoms with Gasteiger partial charge >= 0.3 is 17.7 Å². The van der Waals surface area contributed by atoms with Crippen LogP contribution in [0.4, 0.5) is 0 Å². The molecule has 1 amide bonds. The first-order valence-corrected chi connectivity index (χ1v) is 4.72. The maximum atomic E-state index is 11.2. The Bertz CT molecular complexity index is 323. The van der Waals surface area contributed by atoms with Gasteiger partial charge in [-0.15, -0.1) is 0 Å². The summed E-state index contributed by atoms with van der Waals surface area (Å²) in [6.45, 7) is 0.644. The highest BCUT2D eigenvalue weighted by Gasteiger charge is 2.28. The number of rotatable bonds is 2. The molecule has 0 aliphatic carbocycles. The third kappa shape index (κ3) is 2.41. The number of amides is 1. The number of nitrogens with zero attached hydrogens (tertiary/aromatic N) is 1. The van der Waals surface area contributed by atoms with E-state index in [9.17, 15) is 14.4 Å². The van der Waals surface area contributed by atoms with Crippen LogP contribution in [0.25, 0.3) is 0 Å². The van der Waals surface area contributed by atoms with Crippen LogP contribution < -0.4 is 0 Å². The minimum Gasteiger partial charge on any atom is -0.475 e. The van der Waals surface area contributed by atoms with E-state index in [0.717, 1.165) is 4.48 Å². The highest BCUT2D eigenvalue weighted by atomic mass is 79.9. The lowest BCUT2D eigenvalue weighted by atomic mass is 10.2. The van der Waals surface area contributed by atoms with Gasteiger partial charge in [-0.2, -0.15) is 0 Å². The molecule has 5 nitrogen and oxygen atoms in total. The Morgan fingerprint density at radius 1 is 1.43 bits per heavy atom. The van der Waals surface area contributed by atoms with Gasteiger partial charge in [0.1, 0.15) is 0 Å². The Morgan fingerprint density at radius 3 is 2.57 bits per heavy atom. The zero-order chi connectivity index (χ0) is 10.7. The van der Waals surface area contributed by atoms with E-state index in [4.69, 9.17) is 5.11 Å². The van der Waals surface area contributed by atoms with Gasteiger partial charge in [-0.3, -0.25) is 9.59 Å². The summed E-state index contributed by atoms with van der Waals surface area (Å²) in [6, 6.07) is 0. The molecular weight excluding hydrogens is 254 g/mol. The third-order valence-electron chi connectivity index (χ3n) is 1.78. The van der Waals surface area contributed by atoms with Crippen molar-refractivity contribution in [3.8, 4) is 0 Å². The molecule has 0 aromatic heterocycles. The topological polar surface area (TPSA) is 74.7 Å². The number of carbonyl (C=O) groups is 3. The zero-order valence-electron chi connectivity index (χ0n) is 7.20. The van der Waals surface area contributed by atoms with Crippen molar-refractivity contribution < 1.29 is 19.5 Å². The Morgan fingerprint density at radius 2 is 2.07 bits per heavy atom. The maximum Gasteiger partial charge on any atom is 0.382 e. The van der Waals surface area contributed by atoms with Crippen LogP contribution in [0.15, 0.2) is 10.6 Å². The number of hydrogen-bond donors (Lipinski definition) is 1. The van der Waals surface area contributed by atoms with Gasteiger partial charge in [0.25, 0.3) is 0 Å². The molecule has 0 aromatic carbocycles. The molecule has 1 rings (SSSR count). The van der Waals surface area contributed by atoms with Crippen LogP contribution in [0, 0.1) is 0 Å². The Labute approximate surface area is 88.5 Å². The highest BCUT2D eigenvalue weighted by Crippen LogP contribution is 2.14. The zero-order valence-corrected chi connectivity index (χ0v) is 8.78. The Balaban J connectivity index is 2.67. The van der Waals surface area contributed by atoms with E-state index >= 15 is 0 Å². The second kappa shape index (κ2) is 4.36. The largest absolute Gasteiger partial charge is 0.475 e. The number of carboxylic acid groups (broad SMARTS) is 1. The summed E-state index contributed by atoms with van der Waals surface area (Å²) in [5.74, 6) is -4.05. The SMILES string of the molecule is O=C(O)C(=O)C(=O)N1CCC=C(Br)C1. The van der Waals surface area contributed by atoms with E-state index in [0.29, 0.717) is 13.0 Å². The van der Waals surface area contributed by atoms with Crippen LogP contribution >= 0.6 is 15.9 Å². The molecule has 0 radical (unpaired) electrons. The summed E-state index contributed by atoms with van der Waals surface area (Å²) in [7, 11) is 0. The smallest absolute Gasteiger partial charge is 0.382 e. The van der Waals surface area contributed by atoms with Crippen molar-refractivity contribution in [3.05, 3.63) is 10.6 Å². The number of hydrogen-bond acceptors (Lipinski definition) is 3. The lowest BCUT2D eigenvalue weighted by Crippen LogP contribution is -2.42. The summed E-state index contributed by atoms with van der Waals surface area (Å²) < 4.78 is 0.787. The quantitative estimate of drug-likeness (QED) is 0.567. The molecule has 6 heteroatoms. The van der Waals surface area contributed by atoms with Crippen LogP contribution in [-0.2, 0) is 14.4 Å². The van der Waals surface area contributed by atoms with Gasteiger partial charge in [-0.05, 0) is 6.42 Å². The van der Waals surface area contributed by atoms with Crippen molar-refractivity contribution in [2.75, 3.05) is 13.1 Å². The van der Waals surface area contributed by atoms with Crippen molar-refractivity contribution in [2.24, 2.45) is 0 Å². The van der Waals surface area contributed by atoms with Gasteiger partial charge in [0.15, 0.2) is 0 Å². The molecule has 1 aliphatic rings. The fraction of sp³-hybridized carbons (Fsp3) is 0.375. The number of halogens is 1. The molecule has 0 bridgehead atoms. The minimum absolute atomic E-state index is 0.262. The molecule has 1 aliphatic heterocycles. The van der Waals surface area contributed by atoms with Crippen LogP contribution in [0.3, 0.4) is 0 Å². The predicted octanol–water partition coefficient (Wildman–Crippen LogP) is 0.151. The molecule has 1 N–H and O–H groups in total. The molecule has 0 unspecified atom stereocenters. The Kier molecular flexibility index (Phi) is 3.40. The monoisotopic (exact) mass is 261 g/mol. The molecule has 1 heterocycles. The van der Waals surface area contributed by atoms with Crippen molar-refractivity contribution >= 4 is 33.6 Å². The van der Waals surface area contributed by atoms with Gasteiger partial charge in [0.05, 0.1) is 6.54 Å². The fourth-order valence-corrected chi connectivity index (χ4v) is 1.64. The molecule has 14 heavy (non-hydrogen) atoms. The van der Waals surface area contributed by atoms with E-state index in [1.54, 1.807) is 0 Å². The summed E-state index contributed by atoms with van der Waals surface area (Å²) in [4.78, 5) is 33.5. The predicted molar refractivity (Wildman–Crippen MR) is 50.8 cm³/mol. The second-order valence-electron chi connectivity index (χ2n) is 2.80. The second-order valence-corrected chi connectivity index (χ2v) is 3.82. The summed E-state index contributed by atoms with van der Waals surface area (Å²) >= 11 is 3.19. The molecule has 0 atom stereocenters. The van der Waals surface area contributed by atoms with Crippen molar-refractivity contribution in [1.29, 1.82) is 0 Å². The standard InChI is InChI=1S/C8H8BrNO4/c9-5-2-1-3-10(4-5)7(12)6(11)8(13)14/h2H,1,3-4H2,(H,13,14). The van der Waals surface area contributed by atoms with E-state index in [1.165, 1.54) is 4.90 Å². The molecular formula is C8H8BrNO4. The van der Waals surface area contributed by atoms with Gasteiger partial charge in [0, 0.05) is 11.0 Å². The first kappa shape index (κ1) is 10.9. The van der Waals surface area contributed by atoms with Crippen LogP contribution in [-0.4, -0.2) is 40.8 Å². The molecule has 76 valence electrons. The van der Waals surface area contributed by atoms with Crippen molar-refractivity contribution in [3.63, 3.8) is 0 Å². The van der Waals surface area contributed by atoms with Gasteiger partial charge in [-0.25, -0.2) is 4.79 Å². The number of carbonyl (C=O) groups excluding carboxylic acids is 2. The summed E-state index contributed by atoms with van der Waals surface area (Å²) in [5, 5.41) is 8.33. The first-order valence-electron chi connectivity index (χ1n) is 3.93. The lowest BCUT2D eigenvalue weighted by molar-refractivity contribution is -0.156. The molecule has 0 aromatic rings. The minimum atomic E-state index is -1.71. The maximum absolute atomic E-state index is 11.2. The van der Waals surface area contributed by atoms with Crippen LogP contribution in [0.5, 0.6) is 0 Å². The molecule has 0 saturated heterocycles. The van der Waals surface area contributed by atoms with E-state index < -0.39 is 17.7 Å². The lowest BCUT2D eigenvalue weighted by Gasteiger charge is -2.23. The molecule has 0 fully saturated rings. The van der Waals surface area contributed by atoms with E-state index in [2.05, 4.69) is 15.9 Å². The van der Waals surface area contributed by atoms with Crippen molar-refractivity contribution in [1.82, 2.24) is 4.90 Å². The number of ketones is 1. The normalized spacial score (nSPS) is 16.1. The first-order chi connectivity index (χ1) is 6.52. The highest BCUT2D eigenvalue weighted by molar-refractivity contribution is 9.11. The Hall–Kier alpha value is -1.17. The third-order valence-corrected chi connectivity index (χ3v) is 2.36. The molecule has 0 spiro atoms. The molecule has 0 saturated carbocycles. The summed E-state index contributed by atoms with van der Waals surface area (Å²) in [6.07, 6.45) is 2.51. The van der Waals surface area contributed by atoms with Gasteiger partial charge in [-0.1, -0.05) is 22.0 Å².